The van der Waals surface area contributed by atoms with Crippen molar-refractivity contribution < 1.29 is 47.1 Å². The van der Waals surface area contributed by atoms with Crippen LogP contribution in [-0.4, -0.2) is 83.4 Å². The van der Waals surface area contributed by atoms with Crippen LogP contribution < -0.4 is 0 Å². The zero-order chi connectivity index (χ0) is 17.8. The maximum absolute atomic E-state index is 10.5. The first-order chi connectivity index (χ1) is 10.6. The van der Waals surface area contributed by atoms with Crippen molar-refractivity contribution >= 4 is 10.4 Å². The minimum absolute atomic E-state index is 0.220. The van der Waals surface area contributed by atoms with Gasteiger partial charge in [-0.25, -0.2) is 4.18 Å². The molecule has 132 valence electrons. The SMILES string of the molecule is C=C(COS(=O)(=O)O)C(C#N)OC1OC(CO)C(O)C(O)C1O. The summed E-state index contributed by atoms with van der Waals surface area (Å²) in [5.74, 6) is 0. The third-order valence-electron chi connectivity index (χ3n) is 3.00. The van der Waals surface area contributed by atoms with Gasteiger partial charge < -0.3 is 29.9 Å². The Balaban J connectivity index is 2.74. The van der Waals surface area contributed by atoms with Gasteiger partial charge in [0.15, 0.2) is 12.4 Å². The lowest BCUT2D eigenvalue weighted by atomic mass is 9.99. The molecule has 0 saturated carbocycles. The zero-order valence-electron chi connectivity index (χ0n) is 11.7. The Morgan fingerprint density at radius 3 is 2.39 bits per heavy atom. The number of hydrogen-bond donors (Lipinski definition) is 5. The highest BCUT2D eigenvalue weighted by Crippen LogP contribution is 2.24. The van der Waals surface area contributed by atoms with Crippen molar-refractivity contribution in [2.75, 3.05) is 13.2 Å². The second-order valence-electron chi connectivity index (χ2n) is 4.69. The summed E-state index contributed by atoms with van der Waals surface area (Å²) in [5.41, 5.74) is -0.220. The molecule has 1 aliphatic rings. The monoisotopic (exact) mass is 355 g/mol. The van der Waals surface area contributed by atoms with Crippen molar-refractivity contribution in [2.24, 2.45) is 0 Å². The highest BCUT2D eigenvalue weighted by atomic mass is 32.3. The van der Waals surface area contributed by atoms with E-state index in [0.29, 0.717) is 0 Å². The Kier molecular flexibility index (Phi) is 7.02. The van der Waals surface area contributed by atoms with Crippen LogP contribution in [0.2, 0.25) is 0 Å². The molecule has 1 heterocycles. The lowest BCUT2D eigenvalue weighted by molar-refractivity contribution is -0.304. The number of ether oxygens (including phenoxy) is 2. The molecule has 11 nitrogen and oxygen atoms in total. The van der Waals surface area contributed by atoms with Crippen molar-refractivity contribution in [2.45, 2.75) is 36.8 Å². The summed E-state index contributed by atoms with van der Waals surface area (Å²) in [6.07, 6.45) is -9.39. The molecule has 5 N–H and O–H groups in total. The predicted molar refractivity (Wildman–Crippen MR) is 70.9 cm³/mol. The van der Waals surface area contributed by atoms with Crippen LogP contribution >= 0.6 is 0 Å². The number of nitriles is 1. The predicted octanol–water partition coefficient (Wildman–Crippen LogP) is -2.93. The van der Waals surface area contributed by atoms with Crippen molar-refractivity contribution in [3.63, 3.8) is 0 Å². The van der Waals surface area contributed by atoms with E-state index < -0.39 is 60.4 Å². The summed E-state index contributed by atoms with van der Waals surface area (Å²) in [6, 6.07) is 1.59. The Morgan fingerprint density at radius 2 is 1.91 bits per heavy atom. The molecule has 1 saturated heterocycles. The molecular weight excluding hydrogens is 338 g/mol. The quantitative estimate of drug-likeness (QED) is 0.232. The Labute approximate surface area is 131 Å². The van der Waals surface area contributed by atoms with Gasteiger partial charge in [0, 0.05) is 0 Å². The molecule has 12 heteroatoms. The van der Waals surface area contributed by atoms with Gasteiger partial charge in [-0.2, -0.15) is 13.7 Å². The smallest absolute Gasteiger partial charge is 0.394 e. The minimum Gasteiger partial charge on any atom is -0.394 e. The van der Waals surface area contributed by atoms with Gasteiger partial charge in [0.1, 0.15) is 24.4 Å². The molecule has 6 atom stereocenters. The summed E-state index contributed by atoms with van der Waals surface area (Å²) in [6.45, 7) is 1.89. The van der Waals surface area contributed by atoms with E-state index in [1.807, 2.05) is 0 Å². The first kappa shape index (κ1) is 19.9. The van der Waals surface area contributed by atoms with E-state index >= 15 is 0 Å². The molecule has 1 fully saturated rings. The van der Waals surface area contributed by atoms with Crippen LogP contribution in [0, 0.1) is 11.3 Å². The second kappa shape index (κ2) is 8.11. The van der Waals surface area contributed by atoms with E-state index in [9.17, 15) is 23.7 Å². The van der Waals surface area contributed by atoms with Crippen LogP contribution in [0.15, 0.2) is 12.2 Å². The van der Waals surface area contributed by atoms with Crippen LogP contribution in [0.3, 0.4) is 0 Å². The molecule has 0 spiro atoms. The van der Waals surface area contributed by atoms with Crippen LogP contribution in [0.5, 0.6) is 0 Å². The standard InChI is InChI=1S/C11H17NO10S/c1-5(4-20-23(17,18)19)6(2-12)21-11-10(16)9(15)8(14)7(3-13)22-11/h6-11,13-16H,1,3-4H2,(H,17,18,19). The Bertz CT molecular complexity index is 556. The number of hydrogen-bond acceptors (Lipinski definition) is 10. The van der Waals surface area contributed by atoms with Crippen molar-refractivity contribution in [1.29, 1.82) is 5.26 Å². The van der Waals surface area contributed by atoms with E-state index in [1.54, 1.807) is 6.07 Å². The highest BCUT2D eigenvalue weighted by molar-refractivity contribution is 7.80. The Morgan fingerprint density at radius 1 is 1.30 bits per heavy atom. The van der Waals surface area contributed by atoms with Crippen LogP contribution in [0.25, 0.3) is 0 Å². The zero-order valence-corrected chi connectivity index (χ0v) is 12.5. The number of nitrogens with zero attached hydrogens (tertiary/aromatic N) is 1. The summed E-state index contributed by atoms with van der Waals surface area (Å²) in [4.78, 5) is 0. The summed E-state index contributed by atoms with van der Waals surface area (Å²) >= 11 is 0. The average molecular weight is 355 g/mol. The molecule has 1 aliphatic heterocycles. The van der Waals surface area contributed by atoms with Gasteiger partial charge in [-0.3, -0.25) is 4.55 Å². The topological polar surface area (TPSA) is 187 Å². The summed E-state index contributed by atoms with van der Waals surface area (Å²) in [5, 5.41) is 47.0. The third-order valence-corrected chi connectivity index (χ3v) is 3.42. The van der Waals surface area contributed by atoms with Crippen molar-refractivity contribution in [1.82, 2.24) is 0 Å². The lowest BCUT2D eigenvalue weighted by Crippen LogP contribution is -2.59. The van der Waals surface area contributed by atoms with Gasteiger partial charge in [-0.1, -0.05) is 6.58 Å². The van der Waals surface area contributed by atoms with Gasteiger partial charge in [0.05, 0.1) is 19.3 Å². The molecular formula is C11H17NO10S. The fourth-order valence-corrected chi connectivity index (χ4v) is 2.06. The van der Waals surface area contributed by atoms with Crippen LogP contribution in [0.1, 0.15) is 0 Å². The average Bonchev–Trinajstić information content (AvgIpc) is 2.49. The first-order valence-electron chi connectivity index (χ1n) is 6.25. The van der Waals surface area contributed by atoms with Gasteiger partial charge in [-0.15, -0.1) is 0 Å². The number of rotatable bonds is 7. The van der Waals surface area contributed by atoms with Crippen LogP contribution in [-0.2, 0) is 24.1 Å². The maximum atomic E-state index is 10.5. The molecule has 0 aromatic carbocycles. The van der Waals surface area contributed by atoms with E-state index in [2.05, 4.69) is 10.8 Å². The van der Waals surface area contributed by atoms with E-state index in [1.165, 1.54) is 0 Å². The fraction of sp³-hybridized carbons (Fsp3) is 0.727. The maximum Gasteiger partial charge on any atom is 0.397 e. The van der Waals surface area contributed by atoms with Crippen molar-refractivity contribution in [3.05, 3.63) is 12.2 Å². The molecule has 0 radical (unpaired) electrons. The van der Waals surface area contributed by atoms with Crippen LogP contribution in [0.4, 0.5) is 0 Å². The molecule has 0 aromatic heterocycles. The normalized spacial score (nSPS) is 33.0. The van der Waals surface area contributed by atoms with Gasteiger partial charge >= 0.3 is 10.4 Å². The Hall–Kier alpha value is -1.14. The number of aliphatic hydroxyl groups is 4. The molecule has 0 aliphatic carbocycles. The van der Waals surface area contributed by atoms with E-state index in [-0.39, 0.29) is 5.57 Å². The minimum atomic E-state index is -4.75. The van der Waals surface area contributed by atoms with Gasteiger partial charge in [0.25, 0.3) is 0 Å². The summed E-state index contributed by atoms with van der Waals surface area (Å²) < 4.78 is 43.5. The highest BCUT2D eigenvalue weighted by Gasteiger charge is 2.45. The lowest BCUT2D eigenvalue weighted by Gasteiger charge is -2.40. The van der Waals surface area contributed by atoms with E-state index in [4.69, 9.17) is 24.4 Å². The molecule has 6 unspecified atom stereocenters. The third kappa shape index (κ3) is 5.46. The largest absolute Gasteiger partial charge is 0.397 e. The van der Waals surface area contributed by atoms with Gasteiger partial charge in [0.2, 0.25) is 0 Å². The second-order valence-corrected chi connectivity index (χ2v) is 5.78. The van der Waals surface area contributed by atoms with E-state index in [0.717, 1.165) is 0 Å². The van der Waals surface area contributed by atoms with Crippen molar-refractivity contribution in [3.8, 4) is 6.07 Å². The molecule has 0 bridgehead atoms. The molecule has 1 rings (SSSR count). The first-order valence-corrected chi connectivity index (χ1v) is 7.62. The number of aliphatic hydroxyl groups excluding tert-OH is 4. The molecule has 23 heavy (non-hydrogen) atoms. The van der Waals surface area contributed by atoms with Gasteiger partial charge in [-0.05, 0) is 5.57 Å². The molecule has 0 amide bonds. The fourth-order valence-electron chi connectivity index (χ4n) is 1.76. The summed E-state index contributed by atoms with van der Waals surface area (Å²) in [7, 11) is -4.75. The molecule has 0 aromatic rings.